The molecule has 3 rings (SSSR count). The van der Waals surface area contributed by atoms with E-state index in [4.69, 9.17) is 4.74 Å². The lowest BCUT2D eigenvalue weighted by Gasteiger charge is -2.03. The van der Waals surface area contributed by atoms with Crippen molar-refractivity contribution >= 4 is 5.97 Å². The predicted molar refractivity (Wildman–Crippen MR) is 90.2 cm³/mol. The Labute approximate surface area is 135 Å². The van der Waals surface area contributed by atoms with E-state index in [0.717, 1.165) is 16.7 Å². The second kappa shape index (κ2) is 6.48. The van der Waals surface area contributed by atoms with Crippen LogP contribution in [0.2, 0.25) is 0 Å². The molecular formula is C19H18N2O2. The zero-order valence-electron chi connectivity index (χ0n) is 13.2. The van der Waals surface area contributed by atoms with Gasteiger partial charge in [0.15, 0.2) is 5.69 Å². The molecule has 0 fully saturated rings. The molecule has 0 saturated heterocycles. The van der Waals surface area contributed by atoms with Crippen molar-refractivity contribution in [1.29, 1.82) is 0 Å². The van der Waals surface area contributed by atoms with Crippen molar-refractivity contribution in [2.24, 2.45) is 0 Å². The molecule has 4 heteroatoms. The van der Waals surface area contributed by atoms with Crippen LogP contribution in [0, 0.1) is 6.92 Å². The first-order valence-corrected chi connectivity index (χ1v) is 7.58. The Morgan fingerprint density at radius 1 is 1.04 bits per heavy atom. The Kier molecular flexibility index (Phi) is 4.24. The summed E-state index contributed by atoms with van der Waals surface area (Å²) >= 11 is 0. The second-order valence-electron chi connectivity index (χ2n) is 5.23. The minimum absolute atomic E-state index is 0.337. The zero-order chi connectivity index (χ0) is 16.2. The number of aryl methyl sites for hydroxylation is 1. The van der Waals surface area contributed by atoms with Crippen molar-refractivity contribution in [2.75, 3.05) is 6.61 Å². The maximum atomic E-state index is 11.9. The lowest BCUT2D eigenvalue weighted by Crippen LogP contribution is -2.06. The first kappa shape index (κ1) is 15.0. The number of imidazole rings is 1. The normalized spacial score (nSPS) is 10.5. The van der Waals surface area contributed by atoms with Crippen molar-refractivity contribution in [3.63, 3.8) is 0 Å². The predicted octanol–water partition coefficient (Wildman–Crippen LogP) is 4.23. The van der Waals surface area contributed by atoms with Crippen LogP contribution in [0.25, 0.3) is 22.5 Å². The number of H-pyrrole nitrogens is 1. The van der Waals surface area contributed by atoms with Gasteiger partial charge in [-0.3, -0.25) is 0 Å². The minimum atomic E-state index is -0.397. The molecule has 3 aromatic rings. The van der Waals surface area contributed by atoms with Gasteiger partial charge in [-0.25, -0.2) is 9.78 Å². The molecular weight excluding hydrogens is 288 g/mol. The second-order valence-corrected chi connectivity index (χ2v) is 5.23. The Morgan fingerprint density at radius 2 is 1.74 bits per heavy atom. The molecule has 1 N–H and O–H groups in total. The highest BCUT2D eigenvalue weighted by atomic mass is 16.5. The molecule has 2 aromatic carbocycles. The first-order chi connectivity index (χ1) is 11.2. The summed E-state index contributed by atoms with van der Waals surface area (Å²) in [4.78, 5) is 19.5. The summed E-state index contributed by atoms with van der Waals surface area (Å²) in [6.45, 7) is 3.94. The number of esters is 1. The van der Waals surface area contributed by atoms with Gasteiger partial charge in [-0.1, -0.05) is 48.5 Å². The van der Waals surface area contributed by atoms with E-state index in [9.17, 15) is 4.79 Å². The average molecular weight is 306 g/mol. The lowest BCUT2D eigenvalue weighted by atomic mass is 10.0. The quantitative estimate of drug-likeness (QED) is 0.734. The van der Waals surface area contributed by atoms with Gasteiger partial charge in [0.1, 0.15) is 5.82 Å². The van der Waals surface area contributed by atoms with Crippen LogP contribution in [0.15, 0.2) is 54.6 Å². The highest BCUT2D eigenvalue weighted by Crippen LogP contribution is 2.25. The molecule has 0 amide bonds. The Balaban J connectivity index is 1.97. The van der Waals surface area contributed by atoms with E-state index in [1.165, 1.54) is 0 Å². The maximum absolute atomic E-state index is 11.9. The standard InChI is InChI=1S/C19H18N2O2/c1-3-23-19(22)17-13(2)20-18(21-17)16-11-7-10-15(12-16)14-8-5-4-6-9-14/h4-12H,3H2,1-2H3,(H,20,21). The Bertz CT molecular complexity index is 822. The molecule has 0 aliphatic rings. The van der Waals surface area contributed by atoms with Crippen LogP contribution in [-0.4, -0.2) is 22.5 Å². The van der Waals surface area contributed by atoms with E-state index in [-0.39, 0.29) is 0 Å². The van der Waals surface area contributed by atoms with Crippen LogP contribution in [0.1, 0.15) is 23.1 Å². The number of aromatic amines is 1. The third-order valence-electron chi connectivity index (χ3n) is 3.60. The van der Waals surface area contributed by atoms with E-state index in [2.05, 4.69) is 34.2 Å². The molecule has 0 bridgehead atoms. The van der Waals surface area contributed by atoms with Crippen molar-refractivity contribution in [2.45, 2.75) is 13.8 Å². The van der Waals surface area contributed by atoms with Gasteiger partial charge in [0.25, 0.3) is 0 Å². The monoisotopic (exact) mass is 306 g/mol. The van der Waals surface area contributed by atoms with Crippen LogP contribution in [0.4, 0.5) is 0 Å². The van der Waals surface area contributed by atoms with Gasteiger partial charge >= 0.3 is 5.97 Å². The molecule has 0 aliphatic carbocycles. The number of ether oxygens (including phenoxy) is 1. The summed E-state index contributed by atoms with van der Waals surface area (Å²) in [7, 11) is 0. The minimum Gasteiger partial charge on any atom is -0.461 e. The van der Waals surface area contributed by atoms with E-state index in [1.807, 2.05) is 37.3 Å². The molecule has 0 atom stereocenters. The SMILES string of the molecule is CCOC(=O)c1nc(-c2cccc(-c3ccccc3)c2)[nH]c1C. The average Bonchev–Trinajstić information content (AvgIpc) is 2.98. The fourth-order valence-electron chi connectivity index (χ4n) is 2.47. The third-order valence-corrected chi connectivity index (χ3v) is 3.60. The van der Waals surface area contributed by atoms with Crippen molar-refractivity contribution in [3.05, 3.63) is 66.0 Å². The lowest BCUT2D eigenvalue weighted by molar-refractivity contribution is 0.0519. The number of carbonyl (C=O) groups excluding carboxylic acids is 1. The number of hydrogen-bond donors (Lipinski definition) is 1. The van der Waals surface area contributed by atoms with E-state index < -0.39 is 5.97 Å². The van der Waals surface area contributed by atoms with Crippen LogP contribution < -0.4 is 0 Å². The summed E-state index contributed by atoms with van der Waals surface area (Å²) < 4.78 is 5.03. The molecule has 0 radical (unpaired) electrons. The zero-order valence-corrected chi connectivity index (χ0v) is 13.2. The van der Waals surface area contributed by atoms with Gasteiger partial charge < -0.3 is 9.72 Å². The highest BCUT2D eigenvalue weighted by molar-refractivity contribution is 5.89. The molecule has 23 heavy (non-hydrogen) atoms. The highest BCUT2D eigenvalue weighted by Gasteiger charge is 2.16. The molecule has 4 nitrogen and oxygen atoms in total. The molecule has 0 spiro atoms. The topological polar surface area (TPSA) is 55.0 Å². The number of nitrogens with one attached hydrogen (secondary N) is 1. The van der Waals surface area contributed by atoms with Crippen LogP contribution >= 0.6 is 0 Å². The van der Waals surface area contributed by atoms with Gasteiger partial charge in [-0.15, -0.1) is 0 Å². The van der Waals surface area contributed by atoms with Crippen LogP contribution in [0.3, 0.4) is 0 Å². The number of rotatable bonds is 4. The number of hydrogen-bond acceptors (Lipinski definition) is 3. The third kappa shape index (κ3) is 3.16. The van der Waals surface area contributed by atoms with Gasteiger partial charge in [0.2, 0.25) is 0 Å². The molecule has 1 aromatic heterocycles. The number of aromatic nitrogens is 2. The van der Waals surface area contributed by atoms with Crippen LogP contribution in [-0.2, 0) is 4.74 Å². The summed E-state index contributed by atoms with van der Waals surface area (Å²) in [5, 5.41) is 0. The van der Waals surface area contributed by atoms with Crippen molar-refractivity contribution in [1.82, 2.24) is 9.97 Å². The number of carbonyl (C=O) groups is 1. The Morgan fingerprint density at radius 3 is 2.48 bits per heavy atom. The smallest absolute Gasteiger partial charge is 0.358 e. The van der Waals surface area contributed by atoms with Gasteiger partial charge in [-0.05, 0) is 31.0 Å². The molecule has 0 saturated carbocycles. The van der Waals surface area contributed by atoms with E-state index in [1.54, 1.807) is 6.92 Å². The fourth-order valence-corrected chi connectivity index (χ4v) is 2.47. The van der Waals surface area contributed by atoms with Gasteiger partial charge in [-0.2, -0.15) is 0 Å². The summed E-state index contributed by atoms with van der Waals surface area (Å²) in [5.41, 5.74) is 4.23. The summed E-state index contributed by atoms with van der Waals surface area (Å²) in [6, 6.07) is 18.2. The van der Waals surface area contributed by atoms with Gasteiger partial charge in [0, 0.05) is 11.3 Å². The number of nitrogens with zero attached hydrogens (tertiary/aromatic N) is 1. The number of benzene rings is 2. The van der Waals surface area contributed by atoms with Crippen molar-refractivity contribution in [3.8, 4) is 22.5 Å². The largest absolute Gasteiger partial charge is 0.461 e. The van der Waals surface area contributed by atoms with Crippen molar-refractivity contribution < 1.29 is 9.53 Å². The Hall–Kier alpha value is -2.88. The molecule has 1 heterocycles. The van der Waals surface area contributed by atoms with Crippen LogP contribution in [0.5, 0.6) is 0 Å². The van der Waals surface area contributed by atoms with Gasteiger partial charge in [0.05, 0.1) is 6.61 Å². The molecule has 116 valence electrons. The van der Waals surface area contributed by atoms with E-state index in [0.29, 0.717) is 23.8 Å². The summed E-state index contributed by atoms with van der Waals surface area (Å²) in [5.74, 6) is 0.273. The molecule has 0 unspecified atom stereocenters. The van der Waals surface area contributed by atoms with E-state index >= 15 is 0 Å². The first-order valence-electron chi connectivity index (χ1n) is 7.58. The fraction of sp³-hybridized carbons (Fsp3) is 0.158. The molecule has 0 aliphatic heterocycles. The maximum Gasteiger partial charge on any atom is 0.358 e. The summed E-state index contributed by atoms with van der Waals surface area (Å²) in [6.07, 6.45) is 0.